The number of rotatable bonds is 7. The van der Waals surface area contributed by atoms with E-state index in [1.165, 1.54) is 6.07 Å². The molecule has 0 atom stereocenters. The highest BCUT2D eigenvalue weighted by Gasteiger charge is 2.17. The van der Waals surface area contributed by atoms with Gasteiger partial charge in [0.1, 0.15) is 10.7 Å². The van der Waals surface area contributed by atoms with Crippen LogP contribution in [0.5, 0.6) is 0 Å². The zero-order valence-electron chi connectivity index (χ0n) is 9.61. The van der Waals surface area contributed by atoms with Crippen LogP contribution in [0, 0.1) is 10.1 Å². The fourth-order valence-electron chi connectivity index (χ4n) is 1.35. The third-order valence-electron chi connectivity index (χ3n) is 2.08. The van der Waals surface area contributed by atoms with Crippen molar-refractivity contribution in [2.45, 2.75) is 13.3 Å². The lowest BCUT2D eigenvalue weighted by molar-refractivity contribution is -0.383. The summed E-state index contributed by atoms with van der Waals surface area (Å²) in [6, 6.07) is 4.80. The molecule has 0 bridgehead atoms. The summed E-state index contributed by atoms with van der Waals surface area (Å²) < 4.78 is 5.27. The van der Waals surface area contributed by atoms with Crippen molar-refractivity contribution in [3.8, 4) is 0 Å². The van der Waals surface area contributed by atoms with E-state index in [0.717, 1.165) is 6.42 Å². The van der Waals surface area contributed by atoms with Crippen molar-refractivity contribution in [3.63, 3.8) is 0 Å². The maximum atomic E-state index is 10.8. The van der Waals surface area contributed by atoms with Crippen LogP contribution in [-0.2, 0) is 4.74 Å². The van der Waals surface area contributed by atoms with Gasteiger partial charge in [-0.2, -0.15) is 0 Å². The lowest BCUT2D eigenvalue weighted by atomic mass is 10.2. The van der Waals surface area contributed by atoms with E-state index < -0.39 is 4.92 Å². The number of halogens is 1. The third kappa shape index (κ3) is 4.20. The second-order valence-corrected chi connectivity index (χ2v) is 3.84. The molecule has 1 aromatic rings. The Morgan fingerprint density at radius 2 is 2.24 bits per heavy atom. The summed E-state index contributed by atoms with van der Waals surface area (Å²) in [6.07, 6.45) is 0.956. The zero-order chi connectivity index (χ0) is 12.7. The first-order chi connectivity index (χ1) is 8.16. The normalized spacial score (nSPS) is 10.2. The summed E-state index contributed by atoms with van der Waals surface area (Å²) in [7, 11) is 0. The fraction of sp³-hybridized carbons (Fsp3) is 0.455. The summed E-state index contributed by atoms with van der Waals surface area (Å²) in [6.45, 7) is 3.74. The molecular weight excluding hydrogens is 244 g/mol. The van der Waals surface area contributed by atoms with Crippen molar-refractivity contribution in [1.82, 2.24) is 0 Å². The highest BCUT2D eigenvalue weighted by Crippen LogP contribution is 2.31. The van der Waals surface area contributed by atoms with Crippen LogP contribution < -0.4 is 5.32 Å². The number of para-hydroxylation sites is 1. The summed E-state index contributed by atoms with van der Waals surface area (Å²) in [4.78, 5) is 10.3. The Morgan fingerprint density at radius 3 is 2.88 bits per heavy atom. The van der Waals surface area contributed by atoms with Crippen molar-refractivity contribution in [1.29, 1.82) is 0 Å². The molecule has 1 aromatic carbocycles. The highest BCUT2D eigenvalue weighted by atomic mass is 35.5. The van der Waals surface area contributed by atoms with Crippen LogP contribution in [0.25, 0.3) is 0 Å². The molecule has 0 amide bonds. The molecule has 1 rings (SSSR count). The van der Waals surface area contributed by atoms with E-state index in [-0.39, 0.29) is 10.7 Å². The van der Waals surface area contributed by atoms with Crippen LogP contribution >= 0.6 is 11.6 Å². The molecule has 1 N–H and O–H groups in total. The van der Waals surface area contributed by atoms with Gasteiger partial charge < -0.3 is 10.1 Å². The maximum Gasteiger partial charge on any atom is 0.310 e. The molecule has 0 unspecified atom stereocenters. The second kappa shape index (κ2) is 7.09. The van der Waals surface area contributed by atoms with Gasteiger partial charge in [-0.3, -0.25) is 10.1 Å². The molecule has 0 saturated heterocycles. The predicted octanol–water partition coefficient (Wildman–Crippen LogP) is 3.09. The van der Waals surface area contributed by atoms with E-state index in [2.05, 4.69) is 5.32 Å². The maximum absolute atomic E-state index is 10.8. The number of hydrogen-bond donors (Lipinski definition) is 1. The quantitative estimate of drug-likeness (QED) is 0.464. The van der Waals surface area contributed by atoms with Crippen LogP contribution in [0.2, 0.25) is 5.02 Å². The van der Waals surface area contributed by atoms with Crippen molar-refractivity contribution in [3.05, 3.63) is 33.3 Å². The van der Waals surface area contributed by atoms with Gasteiger partial charge in [-0.25, -0.2) is 0 Å². The molecule has 0 radical (unpaired) electrons. The van der Waals surface area contributed by atoms with Gasteiger partial charge >= 0.3 is 5.69 Å². The van der Waals surface area contributed by atoms with Gasteiger partial charge in [0.05, 0.1) is 11.5 Å². The molecule has 17 heavy (non-hydrogen) atoms. The number of hydrogen-bond acceptors (Lipinski definition) is 4. The summed E-state index contributed by atoms with van der Waals surface area (Å²) >= 11 is 5.77. The van der Waals surface area contributed by atoms with Gasteiger partial charge in [-0.05, 0) is 18.6 Å². The monoisotopic (exact) mass is 258 g/mol. The smallest absolute Gasteiger partial charge is 0.310 e. The van der Waals surface area contributed by atoms with Crippen LogP contribution in [0.3, 0.4) is 0 Å². The van der Waals surface area contributed by atoms with Gasteiger partial charge in [0.25, 0.3) is 0 Å². The Labute approximate surface area is 105 Å². The first-order valence-corrected chi connectivity index (χ1v) is 5.79. The van der Waals surface area contributed by atoms with Crippen LogP contribution in [-0.4, -0.2) is 24.7 Å². The number of nitrogens with one attached hydrogen (secondary N) is 1. The van der Waals surface area contributed by atoms with Crippen molar-refractivity contribution >= 4 is 23.0 Å². The van der Waals surface area contributed by atoms with E-state index in [1.807, 2.05) is 6.92 Å². The largest absolute Gasteiger partial charge is 0.380 e. The molecule has 0 aliphatic rings. The first kappa shape index (κ1) is 13.7. The van der Waals surface area contributed by atoms with E-state index in [4.69, 9.17) is 16.3 Å². The Bertz CT molecular complexity index is 385. The minimum Gasteiger partial charge on any atom is -0.380 e. The molecule has 0 aliphatic heterocycles. The number of nitro groups is 1. The summed E-state index contributed by atoms with van der Waals surface area (Å²) in [5.74, 6) is 0. The molecule has 0 heterocycles. The van der Waals surface area contributed by atoms with Crippen molar-refractivity contribution in [2.75, 3.05) is 25.1 Å². The number of ether oxygens (including phenoxy) is 1. The van der Waals surface area contributed by atoms with E-state index in [0.29, 0.717) is 25.4 Å². The summed E-state index contributed by atoms with van der Waals surface area (Å²) in [5, 5.41) is 13.9. The van der Waals surface area contributed by atoms with Gasteiger partial charge in [0.2, 0.25) is 0 Å². The first-order valence-electron chi connectivity index (χ1n) is 5.41. The third-order valence-corrected chi connectivity index (χ3v) is 2.38. The molecule has 5 nitrogen and oxygen atoms in total. The molecule has 0 spiro atoms. The van der Waals surface area contributed by atoms with Gasteiger partial charge in [-0.15, -0.1) is 0 Å². The van der Waals surface area contributed by atoms with Gasteiger partial charge in [0, 0.05) is 13.2 Å². The van der Waals surface area contributed by atoms with Crippen LogP contribution in [0.4, 0.5) is 11.4 Å². The molecule has 94 valence electrons. The van der Waals surface area contributed by atoms with Crippen molar-refractivity contribution < 1.29 is 9.66 Å². The molecular formula is C11H15ClN2O3. The minimum absolute atomic E-state index is 0.0929. The number of nitrogens with zero attached hydrogens (tertiary/aromatic N) is 1. The lowest BCUT2D eigenvalue weighted by Gasteiger charge is -2.08. The minimum atomic E-state index is -0.489. The Balaban J connectivity index is 2.58. The Morgan fingerprint density at radius 1 is 1.47 bits per heavy atom. The molecule has 0 saturated carbocycles. The van der Waals surface area contributed by atoms with E-state index >= 15 is 0 Å². The topological polar surface area (TPSA) is 64.4 Å². The SMILES string of the molecule is CCCOCCNc1cccc(Cl)c1[N+](=O)[O-]. The number of nitro benzene ring substituents is 1. The highest BCUT2D eigenvalue weighted by molar-refractivity contribution is 6.33. The Kier molecular flexibility index (Phi) is 5.72. The van der Waals surface area contributed by atoms with E-state index in [1.54, 1.807) is 12.1 Å². The average molecular weight is 259 g/mol. The van der Waals surface area contributed by atoms with Crippen LogP contribution in [0.1, 0.15) is 13.3 Å². The van der Waals surface area contributed by atoms with Gasteiger partial charge in [0.15, 0.2) is 0 Å². The molecule has 0 aliphatic carbocycles. The number of anilines is 1. The Hall–Kier alpha value is -1.33. The second-order valence-electron chi connectivity index (χ2n) is 3.43. The lowest BCUT2D eigenvalue weighted by Crippen LogP contribution is -2.11. The average Bonchev–Trinajstić information content (AvgIpc) is 2.28. The van der Waals surface area contributed by atoms with Crippen LogP contribution in [0.15, 0.2) is 18.2 Å². The van der Waals surface area contributed by atoms with E-state index in [9.17, 15) is 10.1 Å². The molecule has 6 heteroatoms. The standard InChI is InChI=1S/C11H15ClN2O3/c1-2-7-17-8-6-13-10-5-3-4-9(12)11(10)14(15)16/h3-5,13H,2,6-8H2,1H3. The molecule has 0 aromatic heterocycles. The summed E-state index contributed by atoms with van der Waals surface area (Å²) in [5.41, 5.74) is 0.326. The fourth-order valence-corrected chi connectivity index (χ4v) is 1.59. The molecule has 0 fully saturated rings. The zero-order valence-corrected chi connectivity index (χ0v) is 10.4. The predicted molar refractivity (Wildman–Crippen MR) is 67.7 cm³/mol. The van der Waals surface area contributed by atoms with Gasteiger partial charge in [-0.1, -0.05) is 24.6 Å². The van der Waals surface area contributed by atoms with Crippen molar-refractivity contribution in [2.24, 2.45) is 0 Å². The number of benzene rings is 1.